The maximum Gasteiger partial charge on any atom is 0.257 e. The fourth-order valence-electron chi connectivity index (χ4n) is 2.71. The molecule has 0 aliphatic heterocycles. The number of carbonyl (C=O) groups is 1. The molecule has 2 heterocycles. The van der Waals surface area contributed by atoms with E-state index in [0.29, 0.717) is 16.1 Å². The van der Waals surface area contributed by atoms with E-state index in [1.54, 1.807) is 11.8 Å². The van der Waals surface area contributed by atoms with Gasteiger partial charge in [-0.05, 0) is 36.8 Å². The summed E-state index contributed by atoms with van der Waals surface area (Å²) < 4.78 is 5.73. The molecule has 1 amide bonds. The van der Waals surface area contributed by atoms with Gasteiger partial charge in [0.1, 0.15) is 5.52 Å². The summed E-state index contributed by atoms with van der Waals surface area (Å²) in [5.41, 5.74) is 4.44. The summed E-state index contributed by atoms with van der Waals surface area (Å²) in [7, 11) is 0. The number of anilines is 2. The SMILES string of the molecule is CC(=O)N(c1cccc(C)c1)c1nc(CSc2nc3ccccc3o2)cs1. The van der Waals surface area contributed by atoms with E-state index in [1.807, 2.05) is 60.8 Å². The molecular formula is C20H17N3O2S2. The van der Waals surface area contributed by atoms with Crippen LogP contribution in [0.1, 0.15) is 18.2 Å². The first-order valence-electron chi connectivity index (χ1n) is 8.40. The molecule has 0 saturated carbocycles. The van der Waals surface area contributed by atoms with Crippen LogP contribution in [-0.4, -0.2) is 15.9 Å². The van der Waals surface area contributed by atoms with E-state index in [4.69, 9.17) is 4.42 Å². The van der Waals surface area contributed by atoms with Gasteiger partial charge in [0, 0.05) is 18.1 Å². The number of aryl methyl sites for hydroxylation is 1. The average Bonchev–Trinajstić information content (AvgIpc) is 3.26. The van der Waals surface area contributed by atoms with Crippen LogP contribution in [-0.2, 0) is 10.5 Å². The lowest BCUT2D eigenvalue weighted by atomic mass is 10.2. The van der Waals surface area contributed by atoms with Crippen molar-refractivity contribution >= 4 is 50.9 Å². The lowest BCUT2D eigenvalue weighted by Gasteiger charge is -2.18. The normalized spacial score (nSPS) is 11.0. The third-order valence-electron chi connectivity index (χ3n) is 3.92. The van der Waals surface area contributed by atoms with Crippen molar-refractivity contribution < 1.29 is 9.21 Å². The van der Waals surface area contributed by atoms with Gasteiger partial charge < -0.3 is 4.42 Å². The summed E-state index contributed by atoms with van der Waals surface area (Å²) in [6.07, 6.45) is 0. The molecule has 2 aromatic heterocycles. The minimum atomic E-state index is -0.0619. The number of thiazole rings is 1. The largest absolute Gasteiger partial charge is 0.431 e. The summed E-state index contributed by atoms with van der Waals surface area (Å²) in [6, 6.07) is 15.5. The number of aromatic nitrogens is 2. The number of hydrogen-bond acceptors (Lipinski definition) is 6. The highest BCUT2D eigenvalue weighted by molar-refractivity contribution is 7.98. The molecule has 0 bridgehead atoms. The molecule has 5 nitrogen and oxygen atoms in total. The zero-order chi connectivity index (χ0) is 18.8. The predicted octanol–water partition coefficient (Wildman–Crippen LogP) is 5.57. The fraction of sp³-hybridized carbons (Fsp3) is 0.150. The number of oxazole rings is 1. The Morgan fingerprint density at radius 1 is 1.19 bits per heavy atom. The molecule has 0 N–H and O–H groups in total. The predicted molar refractivity (Wildman–Crippen MR) is 110 cm³/mol. The van der Waals surface area contributed by atoms with Crippen LogP contribution in [0.25, 0.3) is 11.1 Å². The average molecular weight is 396 g/mol. The van der Waals surface area contributed by atoms with Crippen molar-refractivity contribution in [2.45, 2.75) is 24.8 Å². The van der Waals surface area contributed by atoms with Gasteiger partial charge in [0.05, 0.1) is 11.4 Å². The molecule has 0 atom stereocenters. The van der Waals surface area contributed by atoms with Gasteiger partial charge in [0.25, 0.3) is 5.22 Å². The number of amides is 1. The zero-order valence-corrected chi connectivity index (χ0v) is 16.5. The topological polar surface area (TPSA) is 59.2 Å². The van der Waals surface area contributed by atoms with Crippen molar-refractivity contribution in [1.29, 1.82) is 0 Å². The second kappa shape index (κ2) is 7.54. The second-order valence-electron chi connectivity index (χ2n) is 6.05. The number of fused-ring (bicyclic) bond motifs is 1. The van der Waals surface area contributed by atoms with Crippen LogP contribution in [0.15, 0.2) is 63.6 Å². The smallest absolute Gasteiger partial charge is 0.257 e. The third kappa shape index (κ3) is 3.89. The van der Waals surface area contributed by atoms with Crippen LogP contribution < -0.4 is 4.90 Å². The van der Waals surface area contributed by atoms with Crippen molar-refractivity contribution in [3.05, 3.63) is 65.2 Å². The van der Waals surface area contributed by atoms with Crippen molar-refractivity contribution in [2.24, 2.45) is 0 Å². The van der Waals surface area contributed by atoms with Crippen molar-refractivity contribution in [3.8, 4) is 0 Å². The lowest BCUT2D eigenvalue weighted by Crippen LogP contribution is -2.22. The maximum atomic E-state index is 12.2. The highest BCUT2D eigenvalue weighted by atomic mass is 32.2. The van der Waals surface area contributed by atoms with Crippen LogP contribution in [0.3, 0.4) is 0 Å². The van der Waals surface area contributed by atoms with Gasteiger partial charge in [-0.3, -0.25) is 9.69 Å². The molecule has 0 unspecified atom stereocenters. The summed E-state index contributed by atoms with van der Waals surface area (Å²) in [6.45, 7) is 3.56. The Balaban J connectivity index is 1.52. The van der Waals surface area contributed by atoms with E-state index in [2.05, 4.69) is 9.97 Å². The Morgan fingerprint density at radius 2 is 2.04 bits per heavy atom. The van der Waals surface area contributed by atoms with Gasteiger partial charge in [0.2, 0.25) is 5.91 Å². The summed E-state index contributed by atoms with van der Waals surface area (Å²) >= 11 is 2.95. The van der Waals surface area contributed by atoms with Crippen LogP contribution >= 0.6 is 23.1 Å². The lowest BCUT2D eigenvalue weighted by molar-refractivity contribution is -0.115. The molecule has 0 radical (unpaired) electrons. The quantitative estimate of drug-likeness (QED) is 0.414. The third-order valence-corrected chi connectivity index (χ3v) is 5.66. The highest BCUT2D eigenvalue weighted by Gasteiger charge is 2.18. The minimum absolute atomic E-state index is 0.0619. The van der Waals surface area contributed by atoms with Crippen molar-refractivity contribution in [1.82, 2.24) is 9.97 Å². The van der Waals surface area contributed by atoms with E-state index in [0.717, 1.165) is 28.0 Å². The number of rotatable bonds is 5. The van der Waals surface area contributed by atoms with Gasteiger partial charge in [-0.1, -0.05) is 36.0 Å². The Labute approximate surface area is 165 Å². The number of benzene rings is 2. The standard InChI is InChI=1S/C20H17N3O2S2/c1-13-6-5-7-16(10-13)23(14(2)24)19-21-15(11-26-19)12-27-20-22-17-8-3-4-9-18(17)25-20/h3-11H,12H2,1-2H3. The van der Waals surface area contributed by atoms with Crippen molar-refractivity contribution in [2.75, 3.05) is 4.90 Å². The number of hydrogen-bond donors (Lipinski definition) is 0. The number of para-hydroxylation sites is 2. The number of carbonyl (C=O) groups excluding carboxylic acids is 1. The van der Waals surface area contributed by atoms with E-state index < -0.39 is 0 Å². The monoisotopic (exact) mass is 395 g/mol. The molecule has 0 saturated heterocycles. The molecular weight excluding hydrogens is 378 g/mol. The molecule has 7 heteroatoms. The van der Waals surface area contributed by atoms with Gasteiger partial charge >= 0.3 is 0 Å². The molecule has 0 aliphatic carbocycles. The van der Waals surface area contributed by atoms with Gasteiger partial charge in [-0.2, -0.15) is 0 Å². The first kappa shape index (κ1) is 17.8. The first-order chi connectivity index (χ1) is 13.1. The van der Waals surface area contributed by atoms with Crippen LogP contribution in [0.5, 0.6) is 0 Å². The van der Waals surface area contributed by atoms with Gasteiger partial charge in [0.15, 0.2) is 10.7 Å². The maximum absolute atomic E-state index is 12.2. The molecule has 4 rings (SSSR count). The molecule has 2 aromatic carbocycles. The van der Waals surface area contributed by atoms with Crippen molar-refractivity contribution in [3.63, 3.8) is 0 Å². The van der Waals surface area contributed by atoms with Gasteiger partial charge in [-0.15, -0.1) is 11.3 Å². The van der Waals surface area contributed by atoms with E-state index in [-0.39, 0.29) is 5.91 Å². The summed E-state index contributed by atoms with van der Waals surface area (Å²) in [4.78, 5) is 23.0. The molecule has 27 heavy (non-hydrogen) atoms. The molecule has 0 fully saturated rings. The number of thioether (sulfide) groups is 1. The Kier molecular flexibility index (Phi) is 4.96. The number of nitrogens with zero attached hydrogens (tertiary/aromatic N) is 3. The van der Waals surface area contributed by atoms with Gasteiger partial charge in [-0.25, -0.2) is 9.97 Å². The molecule has 4 aromatic rings. The molecule has 0 aliphatic rings. The second-order valence-corrected chi connectivity index (χ2v) is 7.81. The first-order valence-corrected chi connectivity index (χ1v) is 10.3. The van der Waals surface area contributed by atoms with E-state index >= 15 is 0 Å². The molecule has 136 valence electrons. The Morgan fingerprint density at radius 3 is 2.81 bits per heavy atom. The Bertz CT molecular complexity index is 1070. The summed E-state index contributed by atoms with van der Waals surface area (Å²) in [5.74, 6) is 0.566. The van der Waals surface area contributed by atoms with E-state index in [9.17, 15) is 4.79 Å². The van der Waals surface area contributed by atoms with Crippen LogP contribution in [0, 0.1) is 6.92 Å². The highest BCUT2D eigenvalue weighted by Crippen LogP contribution is 2.32. The minimum Gasteiger partial charge on any atom is -0.431 e. The van der Waals surface area contributed by atoms with E-state index in [1.165, 1.54) is 23.1 Å². The van der Waals surface area contributed by atoms with Crippen LogP contribution in [0.2, 0.25) is 0 Å². The Hall–Kier alpha value is -2.64. The summed E-state index contributed by atoms with van der Waals surface area (Å²) in [5, 5.41) is 3.26. The fourth-order valence-corrected chi connectivity index (χ4v) is 4.43. The van der Waals surface area contributed by atoms with Crippen LogP contribution in [0.4, 0.5) is 10.8 Å². The zero-order valence-electron chi connectivity index (χ0n) is 14.9. The molecule has 0 spiro atoms.